The highest BCUT2D eigenvalue weighted by molar-refractivity contribution is 5.94. The van der Waals surface area contributed by atoms with Crippen LogP contribution in [0.15, 0.2) is 24.3 Å². The Morgan fingerprint density at radius 2 is 1.70 bits per heavy atom. The number of nitrogens with two attached hydrogens (primary N) is 1. The van der Waals surface area contributed by atoms with Crippen LogP contribution >= 0.6 is 12.4 Å². The molecule has 1 aromatic carbocycles. The number of rotatable bonds is 8. The third-order valence-electron chi connectivity index (χ3n) is 3.11. The highest BCUT2D eigenvalue weighted by atomic mass is 35.5. The summed E-state index contributed by atoms with van der Waals surface area (Å²) in [4.78, 5) is 23.4. The summed E-state index contributed by atoms with van der Waals surface area (Å²) >= 11 is 0. The molecule has 0 radical (unpaired) electrons. The minimum atomic E-state index is -0.492. The lowest BCUT2D eigenvalue weighted by atomic mass is 10.0. The molecule has 0 saturated carbocycles. The molecule has 0 aromatic heterocycles. The maximum absolute atomic E-state index is 12.7. The van der Waals surface area contributed by atoms with Crippen LogP contribution in [-0.4, -0.2) is 30.9 Å². The van der Waals surface area contributed by atoms with Gasteiger partial charge >= 0.3 is 0 Å². The zero-order chi connectivity index (χ0) is 16.5. The van der Waals surface area contributed by atoms with Crippen molar-refractivity contribution in [2.24, 2.45) is 11.7 Å². The van der Waals surface area contributed by atoms with Crippen LogP contribution in [0, 0.1) is 11.7 Å². The molecule has 0 spiro atoms. The number of carbonyl (C=O) groups is 2. The Morgan fingerprint density at radius 3 is 2.26 bits per heavy atom. The van der Waals surface area contributed by atoms with Gasteiger partial charge in [0, 0.05) is 18.7 Å². The fraction of sp³-hybridized carbons (Fsp3) is 0.500. The van der Waals surface area contributed by atoms with Gasteiger partial charge in [0.1, 0.15) is 5.82 Å². The van der Waals surface area contributed by atoms with Crippen molar-refractivity contribution >= 4 is 24.2 Å². The van der Waals surface area contributed by atoms with E-state index >= 15 is 0 Å². The Morgan fingerprint density at radius 1 is 1.13 bits per heavy atom. The summed E-state index contributed by atoms with van der Waals surface area (Å²) in [5.41, 5.74) is 6.16. The number of hydrogen-bond donors (Lipinski definition) is 3. The van der Waals surface area contributed by atoms with Gasteiger partial charge in [0.15, 0.2) is 0 Å². The second-order valence-corrected chi connectivity index (χ2v) is 5.64. The molecule has 23 heavy (non-hydrogen) atoms. The molecule has 1 rings (SSSR count). The number of carbonyl (C=O) groups excluding carboxylic acids is 2. The van der Waals surface area contributed by atoms with Crippen LogP contribution < -0.4 is 16.4 Å². The van der Waals surface area contributed by atoms with Gasteiger partial charge in [-0.2, -0.15) is 0 Å². The molecule has 0 heterocycles. The van der Waals surface area contributed by atoms with Gasteiger partial charge in [0.2, 0.25) is 5.91 Å². The van der Waals surface area contributed by atoms with E-state index in [9.17, 15) is 14.0 Å². The van der Waals surface area contributed by atoms with Crippen LogP contribution in [0.25, 0.3) is 0 Å². The maximum Gasteiger partial charge on any atom is 0.251 e. The van der Waals surface area contributed by atoms with Crippen molar-refractivity contribution in [2.45, 2.75) is 32.7 Å². The van der Waals surface area contributed by atoms with Crippen LogP contribution in [0.1, 0.15) is 37.0 Å². The molecule has 0 fully saturated rings. The normalized spacial score (nSPS) is 11.5. The lowest BCUT2D eigenvalue weighted by Crippen LogP contribution is -2.42. The minimum absolute atomic E-state index is 0. The van der Waals surface area contributed by atoms with Crippen LogP contribution in [0.5, 0.6) is 0 Å². The van der Waals surface area contributed by atoms with E-state index in [1.165, 1.54) is 24.3 Å². The second kappa shape index (κ2) is 11.0. The molecule has 4 N–H and O–H groups in total. The van der Waals surface area contributed by atoms with E-state index in [1.807, 2.05) is 13.8 Å². The van der Waals surface area contributed by atoms with E-state index in [2.05, 4.69) is 10.6 Å². The molecule has 0 aliphatic heterocycles. The van der Waals surface area contributed by atoms with E-state index in [-0.39, 0.29) is 30.0 Å². The fourth-order valence-corrected chi connectivity index (χ4v) is 1.95. The fourth-order valence-electron chi connectivity index (χ4n) is 1.95. The third-order valence-corrected chi connectivity index (χ3v) is 3.11. The lowest BCUT2D eigenvalue weighted by Gasteiger charge is -2.14. The number of hydrogen-bond acceptors (Lipinski definition) is 3. The zero-order valence-corrected chi connectivity index (χ0v) is 14.3. The first kappa shape index (κ1) is 21.3. The van der Waals surface area contributed by atoms with Gasteiger partial charge < -0.3 is 16.4 Å². The van der Waals surface area contributed by atoms with Crippen LogP contribution in [0.3, 0.4) is 0 Å². The van der Waals surface area contributed by atoms with Gasteiger partial charge in [-0.3, -0.25) is 9.59 Å². The predicted octanol–water partition coefficient (Wildman–Crippen LogP) is 1.86. The molecule has 7 heteroatoms. The molecular weight excluding hydrogens is 321 g/mol. The summed E-state index contributed by atoms with van der Waals surface area (Å²) in [5, 5.41) is 5.45. The number of halogens is 2. The first-order valence-corrected chi connectivity index (χ1v) is 7.47. The number of benzene rings is 1. The smallest absolute Gasteiger partial charge is 0.251 e. The maximum atomic E-state index is 12.7. The average molecular weight is 346 g/mol. The Bertz CT molecular complexity index is 495. The molecule has 130 valence electrons. The van der Waals surface area contributed by atoms with E-state index in [0.29, 0.717) is 37.4 Å². The van der Waals surface area contributed by atoms with Gasteiger partial charge in [-0.1, -0.05) is 13.8 Å². The van der Waals surface area contributed by atoms with Crippen LogP contribution in [-0.2, 0) is 4.79 Å². The molecule has 2 amide bonds. The standard InChI is InChI=1S/C16H24FN3O2.ClH/c1-11(2)10-14(18)16(22)20-9-3-8-19-15(21)12-4-6-13(17)7-5-12;/h4-7,11,14H,3,8-10,18H2,1-2H3,(H,19,21)(H,20,22);1H/t14-;/m0./s1. The van der Waals surface area contributed by atoms with Crippen LogP contribution in [0.4, 0.5) is 4.39 Å². The monoisotopic (exact) mass is 345 g/mol. The topological polar surface area (TPSA) is 84.2 Å². The van der Waals surface area contributed by atoms with Crippen LogP contribution in [0.2, 0.25) is 0 Å². The predicted molar refractivity (Wildman–Crippen MR) is 91.0 cm³/mol. The number of nitrogens with one attached hydrogen (secondary N) is 2. The summed E-state index contributed by atoms with van der Waals surface area (Å²) in [7, 11) is 0. The van der Waals surface area contributed by atoms with Gasteiger partial charge in [0.25, 0.3) is 5.91 Å². The van der Waals surface area contributed by atoms with Crippen molar-refractivity contribution in [3.05, 3.63) is 35.6 Å². The molecule has 5 nitrogen and oxygen atoms in total. The third kappa shape index (κ3) is 8.52. The molecule has 0 aliphatic rings. The number of amides is 2. The molecule has 0 aliphatic carbocycles. The summed E-state index contributed by atoms with van der Waals surface area (Å²) in [6.07, 6.45) is 1.25. The molecular formula is C16H25ClFN3O2. The quantitative estimate of drug-likeness (QED) is 0.629. The minimum Gasteiger partial charge on any atom is -0.355 e. The van der Waals surface area contributed by atoms with Gasteiger partial charge in [-0.15, -0.1) is 12.4 Å². The summed E-state index contributed by atoms with van der Waals surface area (Å²) in [6.45, 7) is 4.90. The van der Waals surface area contributed by atoms with Crippen molar-refractivity contribution in [1.29, 1.82) is 0 Å². The molecule has 0 bridgehead atoms. The average Bonchev–Trinajstić information content (AvgIpc) is 2.46. The first-order valence-electron chi connectivity index (χ1n) is 7.47. The highest BCUT2D eigenvalue weighted by Gasteiger charge is 2.14. The zero-order valence-electron chi connectivity index (χ0n) is 13.5. The Labute approximate surface area is 142 Å². The van der Waals surface area contributed by atoms with E-state index < -0.39 is 6.04 Å². The second-order valence-electron chi connectivity index (χ2n) is 5.64. The van der Waals surface area contributed by atoms with Crippen molar-refractivity contribution in [1.82, 2.24) is 10.6 Å². The lowest BCUT2D eigenvalue weighted by molar-refractivity contribution is -0.122. The van der Waals surface area contributed by atoms with E-state index in [1.54, 1.807) is 0 Å². The summed E-state index contributed by atoms with van der Waals surface area (Å²) in [5.74, 6) is -0.436. The van der Waals surface area contributed by atoms with Crippen molar-refractivity contribution in [3.63, 3.8) is 0 Å². The SMILES string of the molecule is CC(C)C[C@H](N)C(=O)NCCCNC(=O)c1ccc(F)cc1.Cl. The van der Waals surface area contributed by atoms with Crippen molar-refractivity contribution in [2.75, 3.05) is 13.1 Å². The summed E-state index contributed by atoms with van der Waals surface area (Å²) in [6, 6.07) is 4.85. The van der Waals surface area contributed by atoms with Crippen molar-refractivity contribution in [3.8, 4) is 0 Å². The summed E-state index contributed by atoms with van der Waals surface area (Å²) < 4.78 is 12.7. The van der Waals surface area contributed by atoms with Gasteiger partial charge in [-0.25, -0.2) is 4.39 Å². The van der Waals surface area contributed by atoms with E-state index in [4.69, 9.17) is 5.73 Å². The molecule has 1 aromatic rings. The molecule has 1 atom stereocenters. The van der Waals surface area contributed by atoms with Crippen molar-refractivity contribution < 1.29 is 14.0 Å². The first-order chi connectivity index (χ1) is 10.4. The van der Waals surface area contributed by atoms with Gasteiger partial charge in [0.05, 0.1) is 6.04 Å². The Kier molecular flexibility index (Phi) is 10.2. The highest BCUT2D eigenvalue weighted by Crippen LogP contribution is 2.03. The van der Waals surface area contributed by atoms with Gasteiger partial charge in [-0.05, 0) is 43.0 Å². The molecule has 0 saturated heterocycles. The Hall–Kier alpha value is -1.66. The largest absolute Gasteiger partial charge is 0.355 e. The molecule has 0 unspecified atom stereocenters. The van der Waals surface area contributed by atoms with E-state index in [0.717, 1.165) is 0 Å². The Balaban J connectivity index is 0.00000484.